The van der Waals surface area contributed by atoms with Crippen molar-refractivity contribution in [1.29, 1.82) is 5.41 Å². The Balaban J connectivity index is -0.0000000843. The van der Waals surface area contributed by atoms with Gasteiger partial charge in [0, 0.05) is 0 Å². The van der Waals surface area contributed by atoms with Gasteiger partial charge in [0.1, 0.15) is 0 Å². The van der Waals surface area contributed by atoms with E-state index in [2.05, 4.69) is 78.3 Å². The Morgan fingerprint density at radius 1 is 0.800 bits per heavy atom. The lowest BCUT2D eigenvalue weighted by atomic mass is 9.98. The summed E-state index contributed by atoms with van der Waals surface area (Å²) in [4.78, 5) is 0. The van der Waals surface area contributed by atoms with E-state index in [1.54, 1.807) is 0 Å². The van der Waals surface area contributed by atoms with E-state index in [9.17, 15) is 0 Å². The van der Waals surface area contributed by atoms with Crippen LogP contribution < -0.4 is 0 Å². The molecule has 0 bridgehead atoms. The Hall–Kier alpha value is -1.09. The average molecular weight is 513 g/mol. The molecular formula is C32H68N2S. The fraction of sp³-hybridized carbons (Fsp3) is 0.750. The van der Waals surface area contributed by atoms with Gasteiger partial charge in [-0.25, -0.2) is 4.40 Å². The summed E-state index contributed by atoms with van der Waals surface area (Å²) >= 11 is 3.93. The lowest BCUT2D eigenvalue weighted by Gasteiger charge is -2.08. The summed E-state index contributed by atoms with van der Waals surface area (Å²) in [7, 11) is 0. The zero-order chi connectivity index (χ0) is 29.1. The molecule has 0 aromatic rings. The minimum Gasteiger partial charge on any atom is -0.303 e. The zero-order valence-electron chi connectivity index (χ0n) is 26.8. The number of allylic oxidation sites excluding steroid dienone is 5. The van der Waals surface area contributed by atoms with Crippen LogP contribution in [-0.2, 0) is 0 Å². The Kier molecular flexibility index (Phi) is 58.0. The summed E-state index contributed by atoms with van der Waals surface area (Å²) in [5, 5.41) is 7.74. The SMILES string of the molecule is C=CC(C)(C)C.CC.CC.CC=CC.CCC/C=C(CC)/C(=N/S)C(=N)CC.CCCCCCC. The largest absolute Gasteiger partial charge is 0.303 e. The Morgan fingerprint density at radius 2 is 1.20 bits per heavy atom. The molecule has 35 heavy (non-hydrogen) atoms. The van der Waals surface area contributed by atoms with Gasteiger partial charge in [-0.05, 0) is 56.9 Å². The van der Waals surface area contributed by atoms with Crippen LogP contribution in [0.15, 0.2) is 40.9 Å². The molecule has 0 saturated heterocycles. The Bertz CT molecular complexity index is 472. The van der Waals surface area contributed by atoms with Crippen molar-refractivity contribution in [2.75, 3.05) is 0 Å². The van der Waals surface area contributed by atoms with E-state index in [4.69, 9.17) is 5.41 Å². The molecule has 3 heteroatoms. The van der Waals surface area contributed by atoms with E-state index in [0.29, 0.717) is 17.5 Å². The quantitative estimate of drug-likeness (QED) is 0.126. The maximum Gasteiger partial charge on any atom is 0.0946 e. The van der Waals surface area contributed by atoms with E-state index < -0.39 is 0 Å². The first-order valence-corrected chi connectivity index (χ1v) is 14.7. The van der Waals surface area contributed by atoms with Crippen LogP contribution in [0.2, 0.25) is 0 Å². The molecule has 0 aromatic carbocycles. The minimum atomic E-state index is 0.306. The van der Waals surface area contributed by atoms with Crippen molar-refractivity contribution < 1.29 is 0 Å². The van der Waals surface area contributed by atoms with Gasteiger partial charge >= 0.3 is 0 Å². The number of hydrogen-bond acceptors (Lipinski definition) is 3. The summed E-state index contributed by atoms with van der Waals surface area (Å²) in [6.07, 6.45) is 18.9. The van der Waals surface area contributed by atoms with Crippen molar-refractivity contribution in [2.24, 2.45) is 9.81 Å². The predicted molar refractivity (Wildman–Crippen MR) is 175 cm³/mol. The predicted octanol–water partition coefficient (Wildman–Crippen LogP) is 12.7. The summed E-state index contributed by atoms with van der Waals surface area (Å²) in [5.74, 6) is 0. The first kappa shape index (κ1) is 47.1. The van der Waals surface area contributed by atoms with Gasteiger partial charge < -0.3 is 5.41 Å². The number of rotatable bonds is 10. The van der Waals surface area contributed by atoms with Crippen LogP contribution in [-0.4, -0.2) is 11.4 Å². The van der Waals surface area contributed by atoms with Gasteiger partial charge in [-0.15, -0.1) is 6.58 Å². The highest BCUT2D eigenvalue weighted by atomic mass is 32.1. The maximum absolute atomic E-state index is 7.74. The molecule has 0 fully saturated rings. The highest BCUT2D eigenvalue weighted by Gasteiger charge is 2.08. The van der Waals surface area contributed by atoms with Crippen LogP contribution in [0, 0.1) is 10.8 Å². The molecule has 0 saturated carbocycles. The van der Waals surface area contributed by atoms with Gasteiger partial charge in [0.2, 0.25) is 0 Å². The van der Waals surface area contributed by atoms with Crippen molar-refractivity contribution in [3.8, 4) is 0 Å². The first-order chi connectivity index (χ1) is 16.6. The van der Waals surface area contributed by atoms with Gasteiger partial charge in [-0.1, -0.05) is 146 Å². The topological polar surface area (TPSA) is 36.2 Å². The lowest BCUT2D eigenvalue weighted by molar-refractivity contribution is 0.546. The van der Waals surface area contributed by atoms with E-state index in [-0.39, 0.29) is 0 Å². The van der Waals surface area contributed by atoms with Crippen molar-refractivity contribution in [2.45, 2.75) is 155 Å². The summed E-state index contributed by atoms with van der Waals surface area (Å²) in [6.45, 7) is 32.7. The molecule has 0 unspecified atom stereocenters. The average Bonchev–Trinajstić information content (AvgIpc) is 2.89. The van der Waals surface area contributed by atoms with Crippen LogP contribution in [0.4, 0.5) is 0 Å². The molecule has 2 nitrogen and oxygen atoms in total. The van der Waals surface area contributed by atoms with Gasteiger partial charge in [0.25, 0.3) is 0 Å². The molecular weight excluding hydrogens is 444 g/mol. The second kappa shape index (κ2) is 43.0. The fourth-order valence-corrected chi connectivity index (χ4v) is 2.14. The molecule has 0 radical (unpaired) electrons. The van der Waals surface area contributed by atoms with Crippen LogP contribution >= 0.6 is 12.8 Å². The first-order valence-electron chi connectivity index (χ1n) is 14.3. The zero-order valence-corrected chi connectivity index (χ0v) is 27.7. The fourth-order valence-electron chi connectivity index (χ4n) is 1.89. The molecule has 1 N–H and O–H groups in total. The molecule has 0 aliphatic carbocycles. The molecule has 212 valence electrons. The van der Waals surface area contributed by atoms with Gasteiger partial charge in [-0.3, -0.25) is 0 Å². The third-order valence-electron chi connectivity index (χ3n) is 4.26. The number of nitrogens with one attached hydrogen (secondary N) is 1. The lowest BCUT2D eigenvalue weighted by Crippen LogP contribution is -2.14. The van der Waals surface area contributed by atoms with Crippen molar-refractivity contribution >= 4 is 24.2 Å². The highest BCUT2D eigenvalue weighted by Crippen LogP contribution is 2.12. The number of unbranched alkanes of at least 4 members (excludes halogenated alkanes) is 5. The molecule has 0 amide bonds. The van der Waals surface area contributed by atoms with E-state index in [0.717, 1.165) is 30.5 Å². The molecule has 0 rings (SSSR count). The number of hydrogen-bond donors (Lipinski definition) is 2. The molecule has 0 spiro atoms. The van der Waals surface area contributed by atoms with Crippen molar-refractivity contribution in [3.05, 3.63) is 36.5 Å². The van der Waals surface area contributed by atoms with Crippen LogP contribution in [0.3, 0.4) is 0 Å². The Labute approximate surface area is 230 Å². The minimum absolute atomic E-state index is 0.306. The summed E-state index contributed by atoms with van der Waals surface area (Å²) < 4.78 is 3.90. The highest BCUT2D eigenvalue weighted by molar-refractivity contribution is 7.79. The molecule has 0 heterocycles. The second-order valence-corrected chi connectivity index (χ2v) is 8.65. The van der Waals surface area contributed by atoms with Crippen LogP contribution in [0.5, 0.6) is 0 Å². The Morgan fingerprint density at radius 3 is 1.40 bits per heavy atom. The van der Waals surface area contributed by atoms with Crippen LogP contribution in [0.1, 0.15) is 155 Å². The normalized spacial score (nSPS) is 10.5. The second-order valence-electron chi connectivity index (χ2n) is 8.45. The number of thiol groups is 1. The summed E-state index contributed by atoms with van der Waals surface area (Å²) in [5.41, 5.74) is 2.78. The van der Waals surface area contributed by atoms with Crippen molar-refractivity contribution in [1.82, 2.24) is 0 Å². The van der Waals surface area contributed by atoms with E-state index >= 15 is 0 Å². The van der Waals surface area contributed by atoms with E-state index in [1.807, 2.05) is 66.7 Å². The van der Waals surface area contributed by atoms with Gasteiger partial charge in [0.15, 0.2) is 0 Å². The van der Waals surface area contributed by atoms with Gasteiger partial charge in [0.05, 0.1) is 11.4 Å². The smallest absolute Gasteiger partial charge is 0.0946 e. The third kappa shape index (κ3) is 50.7. The van der Waals surface area contributed by atoms with E-state index in [1.165, 1.54) is 32.1 Å². The molecule has 0 aromatic heterocycles. The standard InChI is InChI=1S/C11H20N2S.C7H16.C6H12.C4H8.2C2H6/c1-4-7-8-9(5-2)11(13-14)10(12)6-3;1-3-5-7-6-4-2;1-5-6(2,3)4;1-3-4-2;2*1-2/h8,12,14H,4-7H2,1-3H3;3-7H2,1-2H3;5H,1H2,2-4H3;3-4H,1-2H3;2*1-2H3/b9-8+,12-10?,13-11-;;;;;. The molecule has 0 atom stereocenters. The third-order valence-corrected chi connectivity index (χ3v) is 4.46. The maximum atomic E-state index is 7.74. The summed E-state index contributed by atoms with van der Waals surface area (Å²) in [6, 6.07) is 0. The molecule has 0 aliphatic rings. The van der Waals surface area contributed by atoms with Crippen molar-refractivity contribution in [3.63, 3.8) is 0 Å². The molecule has 0 aliphatic heterocycles. The number of nitrogens with zero attached hydrogens (tertiary/aromatic N) is 1. The van der Waals surface area contributed by atoms with Crippen LogP contribution in [0.25, 0.3) is 0 Å². The monoisotopic (exact) mass is 513 g/mol. The van der Waals surface area contributed by atoms with Gasteiger partial charge in [-0.2, -0.15) is 0 Å².